The number of phenols is 3. The molecule has 2 aliphatic carbocycles. The third kappa shape index (κ3) is 4.61. The molecule has 0 spiro atoms. The van der Waals surface area contributed by atoms with Crippen molar-refractivity contribution in [3.63, 3.8) is 0 Å². The molecule has 0 unspecified atom stereocenters. The van der Waals surface area contributed by atoms with E-state index in [1.54, 1.807) is 6.07 Å². The first-order valence-electron chi connectivity index (χ1n) is 13.9. The fourth-order valence-electron chi connectivity index (χ4n) is 7.14. The number of para-hydroxylation sites is 1. The molecule has 3 aromatic carbocycles. The largest absolute Gasteiger partial charge is 0.508 e. The number of aromatic hydroxyl groups is 3. The van der Waals surface area contributed by atoms with Crippen molar-refractivity contribution in [1.82, 2.24) is 0 Å². The molecule has 3 N–H and O–H groups in total. The Morgan fingerprint density at radius 2 is 0.972 bits per heavy atom. The lowest BCUT2D eigenvalue weighted by Gasteiger charge is -2.31. The Morgan fingerprint density at radius 1 is 0.528 bits per heavy atom. The molecule has 2 aliphatic rings. The van der Waals surface area contributed by atoms with Gasteiger partial charge in [0.25, 0.3) is 0 Å². The van der Waals surface area contributed by atoms with E-state index in [0.29, 0.717) is 23.3 Å². The summed E-state index contributed by atoms with van der Waals surface area (Å²) in [5, 5.41) is 33.0. The van der Waals surface area contributed by atoms with Gasteiger partial charge in [0.2, 0.25) is 0 Å². The molecule has 5 rings (SSSR count). The molecular formula is C33H40O3. The Kier molecular flexibility index (Phi) is 7.27. The van der Waals surface area contributed by atoms with E-state index in [2.05, 4.69) is 13.8 Å². The maximum atomic E-state index is 11.0. The normalized spacial score (nSPS) is 17.5. The lowest BCUT2D eigenvalue weighted by molar-refractivity contribution is 0.412. The fourth-order valence-corrected chi connectivity index (χ4v) is 7.14. The van der Waals surface area contributed by atoms with E-state index in [-0.39, 0.29) is 11.7 Å². The van der Waals surface area contributed by atoms with E-state index in [4.69, 9.17) is 0 Å². The molecule has 0 aromatic heterocycles. The van der Waals surface area contributed by atoms with Crippen LogP contribution in [0.5, 0.6) is 17.2 Å². The van der Waals surface area contributed by atoms with Gasteiger partial charge in [-0.25, -0.2) is 0 Å². The summed E-state index contributed by atoms with van der Waals surface area (Å²) >= 11 is 0. The Labute approximate surface area is 215 Å². The van der Waals surface area contributed by atoms with Crippen molar-refractivity contribution in [3.05, 3.63) is 87.5 Å². The molecule has 3 heteroatoms. The summed E-state index contributed by atoms with van der Waals surface area (Å²) in [6.07, 6.45) is 11.8. The van der Waals surface area contributed by atoms with E-state index in [0.717, 1.165) is 64.6 Å². The zero-order valence-electron chi connectivity index (χ0n) is 21.8. The molecular weight excluding hydrogens is 444 g/mol. The van der Waals surface area contributed by atoms with Gasteiger partial charge in [0.05, 0.1) is 0 Å². The van der Waals surface area contributed by atoms with Crippen molar-refractivity contribution in [2.45, 2.75) is 95.8 Å². The summed E-state index contributed by atoms with van der Waals surface area (Å²) in [6, 6.07) is 15.4. The molecule has 2 saturated carbocycles. The van der Waals surface area contributed by atoms with Crippen LogP contribution in [0, 0.1) is 13.8 Å². The minimum atomic E-state index is -0.183. The zero-order valence-corrected chi connectivity index (χ0v) is 21.8. The van der Waals surface area contributed by atoms with Crippen LogP contribution in [0.1, 0.15) is 121 Å². The Bertz CT molecular complexity index is 1140. The van der Waals surface area contributed by atoms with Crippen molar-refractivity contribution in [1.29, 1.82) is 0 Å². The SMILES string of the molecule is Cc1c(C(c2ccccc2O)c2ccc(O)c(C3CCCCC3)c2C)ccc(O)c1C1CCCCC1. The standard InChI is InChI=1S/C33H40O3/c1-21-25(17-19-29(35)31(21)23-11-5-3-6-12-23)33(27-15-9-10-16-28(27)34)26-18-20-30(36)32(22(26)2)24-13-7-4-8-14-24/h9-10,15-20,23-24,33-36H,3-8,11-14H2,1-2H3. The van der Waals surface area contributed by atoms with Crippen LogP contribution in [0.2, 0.25) is 0 Å². The smallest absolute Gasteiger partial charge is 0.119 e. The van der Waals surface area contributed by atoms with Gasteiger partial charge in [0, 0.05) is 22.6 Å². The average Bonchev–Trinajstić information content (AvgIpc) is 2.89. The van der Waals surface area contributed by atoms with Crippen LogP contribution in [-0.4, -0.2) is 15.3 Å². The summed E-state index contributed by atoms with van der Waals surface area (Å²) in [5.74, 6) is 1.64. The quantitative estimate of drug-likeness (QED) is 0.317. The summed E-state index contributed by atoms with van der Waals surface area (Å²) in [4.78, 5) is 0. The first-order valence-corrected chi connectivity index (χ1v) is 13.9. The van der Waals surface area contributed by atoms with E-state index >= 15 is 0 Å². The van der Waals surface area contributed by atoms with Crippen LogP contribution >= 0.6 is 0 Å². The molecule has 2 fully saturated rings. The number of benzene rings is 3. The highest BCUT2D eigenvalue weighted by Gasteiger charge is 2.30. The van der Waals surface area contributed by atoms with Crippen LogP contribution in [-0.2, 0) is 0 Å². The van der Waals surface area contributed by atoms with Gasteiger partial charge < -0.3 is 15.3 Å². The number of phenolic OH excluding ortho intramolecular Hbond substituents is 3. The molecule has 3 nitrogen and oxygen atoms in total. The number of hydrogen-bond acceptors (Lipinski definition) is 3. The number of rotatable bonds is 5. The molecule has 3 aromatic rings. The van der Waals surface area contributed by atoms with Gasteiger partial charge in [-0.05, 0) is 91.8 Å². The second kappa shape index (κ2) is 10.6. The lowest BCUT2D eigenvalue weighted by atomic mass is 9.74. The van der Waals surface area contributed by atoms with Gasteiger partial charge in [-0.2, -0.15) is 0 Å². The maximum Gasteiger partial charge on any atom is 0.119 e. The highest BCUT2D eigenvalue weighted by atomic mass is 16.3. The second-order valence-corrected chi connectivity index (χ2v) is 11.1. The van der Waals surface area contributed by atoms with Crippen LogP contribution in [0.25, 0.3) is 0 Å². The Hall–Kier alpha value is -2.94. The van der Waals surface area contributed by atoms with E-state index in [1.165, 1.54) is 38.5 Å². The summed E-state index contributed by atoms with van der Waals surface area (Å²) in [5.41, 5.74) is 7.53. The first kappa shape index (κ1) is 24.7. The van der Waals surface area contributed by atoms with Gasteiger partial charge in [-0.15, -0.1) is 0 Å². The van der Waals surface area contributed by atoms with Crippen molar-refractivity contribution < 1.29 is 15.3 Å². The van der Waals surface area contributed by atoms with E-state index in [9.17, 15) is 15.3 Å². The molecule has 190 valence electrons. The van der Waals surface area contributed by atoms with Crippen LogP contribution in [0.4, 0.5) is 0 Å². The molecule has 0 saturated heterocycles. The monoisotopic (exact) mass is 484 g/mol. The van der Waals surface area contributed by atoms with E-state index in [1.807, 2.05) is 42.5 Å². The molecule has 0 radical (unpaired) electrons. The first-order chi connectivity index (χ1) is 17.5. The predicted octanol–water partition coefficient (Wildman–Crippen LogP) is 8.70. The molecule has 0 aliphatic heterocycles. The lowest BCUT2D eigenvalue weighted by Crippen LogP contribution is -2.14. The van der Waals surface area contributed by atoms with Gasteiger partial charge in [0.15, 0.2) is 0 Å². The Morgan fingerprint density at radius 3 is 1.42 bits per heavy atom. The highest BCUT2D eigenvalue weighted by molar-refractivity contribution is 5.59. The van der Waals surface area contributed by atoms with Gasteiger partial charge in [-0.3, -0.25) is 0 Å². The third-order valence-electron chi connectivity index (χ3n) is 8.96. The second-order valence-electron chi connectivity index (χ2n) is 11.1. The summed E-state index contributed by atoms with van der Waals surface area (Å²) < 4.78 is 0. The predicted molar refractivity (Wildman–Crippen MR) is 146 cm³/mol. The summed E-state index contributed by atoms with van der Waals surface area (Å²) in [6.45, 7) is 4.29. The number of hydrogen-bond donors (Lipinski definition) is 3. The fraction of sp³-hybridized carbons (Fsp3) is 0.455. The molecule has 0 atom stereocenters. The van der Waals surface area contributed by atoms with E-state index < -0.39 is 0 Å². The van der Waals surface area contributed by atoms with Crippen molar-refractivity contribution in [2.75, 3.05) is 0 Å². The molecule has 0 bridgehead atoms. The minimum absolute atomic E-state index is 0.183. The minimum Gasteiger partial charge on any atom is -0.508 e. The molecule has 0 amide bonds. The summed E-state index contributed by atoms with van der Waals surface area (Å²) in [7, 11) is 0. The van der Waals surface area contributed by atoms with Crippen LogP contribution in [0.15, 0.2) is 48.5 Å². The maximum absolute atomic E-state index is 11.0. The van der Waals surface area contributed by atoms with Crippen molar-refractivity contribution in [3.8, 4) is 17.2 Å². The molecule has 0 heterocycles. The van der Waals surface area contributed by atoms with Gasteiger partial charge in [0.1, 0.15) is 17.2 Å². The third-order valence-corrected chi connectivity index (χ3v) is 8.96. The van der Waals surface area contributed by atoms with Crippen molar-refractivity contribution >= 4 is 0 Å². The topological polar surface area (TPSA) is 60.7 Å². The highest BCUT2D eigenvalue weighted by Crippen LogP contribution is 2.48. The van der Waals surface area contributed by atoms with Gasteiger partial charge >= 0.3 is 0 Å². The average molecular weight is 485 g/mol. The van der Waals surface area contributed by atoms with Gasteiger partial charge in [-0.1, -0.05) is 68.9 Å². The van der Waals surface area contributed by atoms with Crippen molar-refractivity contribution in [2.24, 2.45) is 0 Å². The molecule has 36 heavy (non-hydrogen) atoms. The zero-order chi connectivity index (χ0) is 25.2. The Balaban J connectivity index is 1.70. The van der Waals surface area contributed by atoms with Crippen LogP contribution < -0.4 is 0 Å². The van der Waals surface area contributed by atoms with Crippen LogP contribution in [0.3, 0.4) is 0 Å².